The lowest BCUT2D eigenvalue weighted by atomic mass is 10.2. The number of aromatic nitrogens is 2. The molecule has 1 aromatic heterocycles. The number of amides is 1. The lowest BCUT2D eigenvalue weighted by molar-refractivity contribution is -0.115. The summed E-state index contributed by atoms with van der Waals surface area (Å²) in [6, 6.07) is 19.3. The molecule has 1 heterocycles. The van der Waals surface area contributed by atoms with Gasteiger partial charge in [0.1, 0.15) is 0 Å². The molecule has 0 aliphatic carbocycles. The number of hydrogen-bond acceptors (Lipinski definition) is 5. The standard InChI is InChI=1S/C19H19N5O/c25-18(11-14-22-19-20-12-4-13-21-19)24-17-9-7-16(8-10-17)23-15-5-2-1-3-6-15/h1-10,12-13,23H,11,14H2,(H,24,25)(H,20,21,22). The summed E-state index contributed by atoms with van der Waals surface area (Å²) in [6.45, 7) is 0.476. The zero-order valence-electron chi connectivity index (χ0n) is 13.6. The van der Waals surface area contributed by atoms with Gasteiger partial charge in [-0.15, -0.1) is 0 Å². The van der Waals surface area contributed by atoms with E-state index in [0.717, 1.165) is 17.1 Å². The van der Waals surface area contributed by atoms with E-state index in [1.54, 1.807) is 18.5 Å². The molecule has 3 rings (SSSR count). The van der Waals surface area contributed by atoms with E-state index < -0.39 is 0 Å². The zero-order valence-corrected chi connectivity index (χ0v) is 13.6. The second kappa shape index (κ2) is 8.44. The third-order valence-corrected chi connectivity index (χ3v) is 3.43. The average molecular weight is 333 g/mol. The van der Waals surface area contributed by atoms with E-state index in [1.165, 1.54) is 0 Å². The summed E-state index contributed by atoms with van der Waals surface area (Å²) >= 11 is 0. The minimum Gasteiger partial charge on any atom is -0.356 e. The van der Waals surface area contributed by atoms with Gasteiger partial charge in [0.15, 0.2) is 0 Å². The Morgan fingerprint density at radius 3 is 2.16 bits per heavy atom. The smallest absolute Gasteiger partial charge is 0.226 e. The molecule has 0 aliphatic heterocycles. The van der Waals surface area contributed by atoms with E-state index in [9.17, 15) is 4.79 Å². The van der Waals surface area contributed by atoms with Gasteiger partial charge in [-0.05, 0) is 42.5 Å². The van der Waals surface area contributed by atoms with Crippen molar-refractivity contribution in [2.75, 3.05) is 22.5 Å². The maximum atomic E-state index is 12.0. The molecule has 1 amide bonds. The predicted octanol–water partition coefficient (Wildman–Crippen LogP) is 3.66. The van der Waals surface area contributed by atoms with Crippen LogP contribution in [0, 0.1) is 0 Å². The fourth-order valence-electron chi connectivity index (χ4n) is 2.23. The SMILES string of the molecule is O=C(CCNc1ncccn1)Nc1ccc(Nc2ccccc2)cc1. The molecule has 0 radical (unpaired) electrons. The molecule has 0 bridgehead atoms. The van der Waals surface area contributed by atoms with Gasteiger partial charge in [0.25, 0.3) is 0 Å². The Kier molecular flexibility index (Phi) is 5.56. The Balaban J connectivity index is 1.45. The highest BCUT2D eigenvalue weighted by atomic mass is 16.1. The van der Waals surface area contributed by atoms with E-state index in [-0.39, 0.29) is 5.91 Å². The first-order valence-electron chi connectivity index (χ1n) is 8.02. The summed E-state index contributed by atoms with van der Waals surface area (Å²) in [5, 5.41) is 9.18. The number of nitrogens with zero attached hydrogens (tertiary/aromatic N) is 2. The predicted molar refractivity (Wildman–Crippen MR) is 99.9 cm³/mol. The van der Waals surface area contributed by atoms with Crippen LogP contribution in [-0.4, -0.2) is 22.4 Å². The first-order valence-corrected chi connectivity index (χ1v) is 8.02. The molecular weight excluding hydrogens is 314 g/mol. The molecule has 6 heteroatoms. The summed E-state index contributed by atoms with van der Waals surface area (Å²) in [5.74, 6) is 0.457. The number of anilines is 4. The van der Waals surface area contributed by atoms with Gasteiger partial charge in [-0.3, -0.25) is 4.79 Å². The molecule has 2 aromatic carbocycles. The van der Waals surface area contributed by atoms with E-state index >= 15 is 0 Å². The first kappa shape index (κ1) is 16.4. The van der Waals surface area contributed by atoms with Gasteiger partial charge in [0.05, 0.1) is 0 Å². The van der Waals surface area contributed by atoms with E-state index in [1.807, 2.05) is 54.6 Å². The Labute approximate surface area is 146 Å². The maximum absolute atomic E-state index is 12.0. The van der Waals surface area contributed by atoms with E-state index in [2.05, 4.69) is 25.9 Å². The quantitative estimate of drug-likeness (QED) is 0.615. The van der Waals surface area contributed by atoms with Crippen LogP contribution >= 0.6 is 0 Å². The molecule has 0 aliphatic rings. The molecule has 0 spiro atoms. The van der Waals surface area contributed by atoms with Crippen molar-refractivity contribution in [3.05, 3.63) is 73.1 Å². The highest BCUT2D eigenvalue weighted by molar-refractivity contribution is 5.91. The molecule has 0 saturated heterocycles. The lowest BCUT2D eigenvalue weighted by Gasteiger charge is -2.09. The van der Waals surface area contributed by atoms with Crippen LogP contribution in [0.4, 0.5) is 23.0 Å². The molecule has 3 aromatic rings. The van der Waals surface area contributed by atoms with E-state index in [4.69, 9.17) is 0 Å². The summed E-state index contributed by atoms with van der Waals surface area (Å²) < 4.78 is 0. The number of hydrogen-bond donors (Lipinski definition) is 3. The molecule has 0 saturated carbocycles. The van der Waals surface area contributed by atoms with Crippen molar-refractivity contribution in [1.82, 2.24) is 9.97 Å². The fourth-order valence-corrected chi connectivity index (χ4v) is 2.23. The number of rotatable bonds is 7. The van der Waals surface area contributed by atoms with Crippen LogP contribution in [-0.2, 0) is 4.79 Å². The van der Waals surface area contributed by atoms with Crippen molar-refractivity contribution in [1.29, 1.82) is 0 Å². The van der Waals surface area contributed by atoms with Crippen molar-refractivity contribution in [2.45, 2.75) is 6.42 Å². The highest BCUT2D eigenvalue weighted by Gasteiger charge is 2.03. The van der Waals surface area contributed by atoms with Gasteiger partial charge in [0.2, 0.25) is 11.9 Å². The first-order chi connectivity index (χ1) is 12.3. The molecule has 6 nitrogen and oxygen atoms in total. The van der Waals surface area contributed by atoms with Crippen LogP contribution in [0.1, 0.15) is 6.42 Å². The second-order valence-electron chi connectivity index (χ2n) is 5.37. The summed E-state index contributed by atoms with van der Waals surface area (Å²) in [7, 11) is 0. The Morgan fingerprint density at radius 2 is 1.44 bits per heavy atom. The second-order valence-corrected chi connectivity index (χ2v) is 5.37. The summed E-state index contributed by atoms with van der Waals surface area (Å²) in [4.78, 5) is 20.1. The summed E-state index contributed by atoms with van der Waals surface area (Å²) in [5.41, 5.74) is 2.75. The van der Waals surface area contributed by atoms with Crippen molar-refractivity contribution in [3.8, 4) is 0 Å². The fraction of sp³-hybridized carbons (Fsp3) is 0.105. The van der Waals surface area contributed by atoms with Crippen LogP contribution in [0.5, 0.6) is 0 Å². The molecule has 25 heavy (non-hydrogen) atoms. The molecule has 3 N–H and O–H groups in total. The van der Waals surface area contributed by atoms with Gasteiger partial charge in [-0.1, -0.05) is 18.2 Å². The van der Waals surface area contributed by atoms with Crippen molar-refractivity contribution >= 4 is 28.9 Å². The number of nitrogens with one attached hydrogen (secondary N) is 3. The molecule has 0 atom stereocenters. The van der Waals surface area contributed by atoms with E-state index in [0.29, 0.717) is 18.9 Å². The largest absolute Gasteiger partial charge is 0.356 e. The topological polar surface area (TPSA) is 78.9 Å². The molecule has 0 unspecified atom stereocenters. The number of carbonyl (C=O) groups is 1. The van der Waals surface area contributed by atoms with Crippen LogP contribution in [0.25, 0.3) is 0 Å². The van der Waals surface area contributed by atoms with Crippen molar-refractivity contribution in [3.63, 3.8) is 0 Å². The molecular formula is C19H19N5O. The Morgan fingerprint density at radius 1 is 0.800 bits per heavy atom. The van der Waals surface area contributed by atoms with Gasteiger partial charge < -0.3 is 16.0 Å². The van der Waals surface area contributed by atoms with Crippen molar-refractivity contribution in [2.24, 2.45) is 0 Å². The van der Waals surface area contributed by atoms with Crippen molar-refractivity contribution < 1.29 is 4.79 Å². The minimum atomic E-state index is -0.0628. The van der Waals surface area contributed by atoms with Gasteiger partial charge >= 0.3 is 0 Å². The lowest BCUT2D eigenvalue weighted by Crippen LogP contribution is -2.16. The van der Waals surface area contributed by atoms with Gasteiger partial charge in [0, 0.05) is 42.4 Å². The normalized spacial score (nSPS) is 10.1. The Bertz CT molecular complexity index is 791. The highest BCUT2D eigenvalue weighted by Crippen LogP contribution is 2.18. The van der Waals surface area contributed by atoms with Crippen LogP contribution in [0.15, 0.2) is 73.1 Å². The number of carbonyl (C=O) groups excluding carboxylic acids is 1. The van der Waals surface area contributed by atoms with Gasteiger partial charge in [-0.25, -0.2) is 9.97 Å². The third kappa shape index (κ3) is 5.31. The van der Waals surface area contributed by atoms with Gasteiger partial charge in [-0.2, -0.15) is 0 Å². The third-order valence-electron chi connectivity index (χ3n) is 3.43. The number of para-hydroxylation sites is 1. The molecule has 126 valence electrons. The summed E-state index contributed by atoms with van der Waals surface area (Å²) in [6.07, 6.45) is 3.64. The zero-order chi connectivity index (χ0) is 17.3. The minimum absolute atomic E-state index is 0.0628. The molecule has 0 fully saturated rings. The monoisotopic (exact) mass is 333 g/mol. The maximum Gasteiger partial charge on any atom is 0.226 e. The average Bonchev–Trinajstić information content (AvgIpc) is 2.65. The van der Waals surface area contributed by atoms with Crippen LogP contribution < -0.4 is 16.0 Å². The Hall–Kier alpha value is -3.41. The van der Waals surface area contributed by atoms with Crippen LogP contribution in [0.2, 0.25) is 0 Å². The van der Waals surface area contributed by atoms with Crippen LogP contribution in [0.3, 0.4) is 0 Å². The number of benzene rings is 2.